The van der Waals surface area contributed by atoms with E-state index in [1.54, 1.807) is 6.20 Å². The summed E-state index contributed by atoms with van der Waals surface area (Å²) >= 11 is 6.29. The lowest BCUT2D eigenvalue weighted by molar-refractivity contribution is -0.135. The Morgan fingerprint density at radius 3 is 2.56 bits per heavy atom. The van der Waals surface area contributed by atoms with Crippen LogP contribution in [-0.4, -0.2) is 18.1 Å². The average molecular weight is 472 g/mol. The number of rotatable bonds is 8. The zero-order valence-electron chi connectivity index (χ0n) is 19.5. The fraction of sp³-hybridized carbons (Fsp3) is 0.172. The van der Waals surface area contributed by atoms with Gasteiger partial charge in [0.2, 0.25) is 0 Å². The van der Waals surface area contributed by atoms with Crippen molar-refractivity contribution in [2.24, 2.45) is 0 Å². The smallest absolute Gasteiger partial charge is 0.350 e. The lowest BCUT2D eigenvalue weighted by atomic mass is 9.92. The van der Waals surface area contributed by atoms with E-state index in [9.17, 15) is 4.79 Å². The van der Waals surface area contributed by atoms with Gasteiger partial charge in [-0.25, -0.2) is 4.79 Å². The summed E-state index contributed by atoms with van der Waals surface area (Å²) in [5.74, 6) is 1.99. The van der Waals surface area contributed by atoms with Gasteiger partial charge in [-0.2, -0.15) is 0 Å². The molecule has 1 aromatic heterocycles. The van der Waals surface area contributed by atoms with E-state index in [4.69, 9.17) is 27.5 Å². The van der Waals surface area contributed by atoms with Crippen LogP contribution in [0.3, 0.4) is 0 Å². The lowest BCUT2D eigenvalue weighted by Gasteiger charge is -2.19. The van der Waals surface area contributed by atoms with E-state index in [2.05, 4.69) is 23.9 Å². The third-order valence-electron chi connectivity index (χ3n) is 5.19. The lowest BCUT2D eigenvalue weighted by Crippen LogP contribution is -2.11. The molecule has 4 nitrogen and oxygen atoms in total. The second-order valence-corrected chi connectivity index (χ2v) is 7.94. The first kappa shape index (κ1) is 24.8. The fourth-order valence-corrected chi connectivity index (χ4v) is 3.84. The average Bonchev–Trinajstić information content (AvgIpc) is 2.86. The van der Waals surface area contributed by atoms with E-state index in [1.165, 1.54) is 7.11 Å². The van der Waals surface area contributed by atoms with Gasteiger partial charge < -0.3 is 9.47 Å². The molecule has 0 aliphatic heterocycles. The first-order valence-corrected chi connectivity index (χ1v) is 11.3. The Balaban J connectivity index is 2.29. The quantitative estimate of drug-likeness (QED) is 0.154. The van der Waals surface area contributed by atoms with Gasteiger partial charge in [0.25, 0.3) is 0 Å². The minimum absolute atomic E-state index is 0.0280. The van der Waals surface area contributed by atoms with Crippen LogP contribution in [0.4, 0.5) is 0 Å². The number of ether oxygens (including phenoxy) is 2. The summed E-state index contributed by atoms with van der Waals surface area (Å²) in [5, 5.41) is 0.619. The van der Waals surface area contributed by atoms with E-state index >= 15 is 0 Å². The highest BCUT2D eigenvalue weighted by molar-refractivity contribution is 6.30. The van der Waals surface area contributed by atoms with Crippen LogP contribution in [0.25, 0.3) is 22.5 Å². The summed E-state index contributed by atoms with van der Waals surface area (Å²) in [6.07, 6.45) is 10.3. The van der Waals surface area contributed by atoms with Crippen molar-refractivity contribution in [1.82, 2.24) is 4.98 Å². The molecule has 2 aromatic carbocycles. The van der Waals surface area contributed by atoms with Gasteiger partial charge in [0.15, 0.2) is 11.3 Å². The van der Waals surface area contributed by atoms with E-state index in [-0.39, 0.29) is 17.9 Å². The highest BCUT2D eigenvalue weighted by atomic mass is 35.5. The summed E-state index contributed by atoms with van der Waals surface area (Å²) in [6, 6.07) is 19.1. The molecule has 0 fully saturated rings. The summed E-state index contributed by atoms with van der Waals surface area (Å²) in [4.78, 5) is 17.2. The number of pyridine rings is 1. The molecule has 0 aliphatic rings. The number of terminal acetylenes is 1. The van der Waals surface area contributed by atoms with Crippen LogP contribution < -0.4 is 0 Å². The third kappa shape index (κ3) is 5.75. The fourth-order valence-electron chi connectivity index (χ4n) is 3.65. The van der Waals surface area contributed by atoms with E-state index in [0.29, 0.717) is 10.7 Å². The maximum absolute atomic E-state index is 12.6. The number of allylic oxidation sites excluding steroid dienone is 2. The standard InChI is InChI=1S/C29H26ClNO3/c1-5-11-20(3)26-25(22-14-10-15-23(30)18-22)16-17-31-27(26)28(24(6-2)29(32)33-4)34-19-21-12-8-7-9-13-21/h2,7-18H,5,19H2,1,3-4H3/b20-11-,28-24-. The van der Waals surface area contributed by atoms with Gasteiger partial charge in [0.05, 0.1) is 7.11 Å². The van der Waals surface area contributed by atoms with E-state index < -0.39 is 5.97 Å². The third-order valence-corrected chi connectivity index (χ3v) is 5.43. The molecule has 172 valence electrons. The van der Waals surface area contributed by atoms with Gasteiger partial charge in [0, 0.05) is 16.8 Å². The molecule has 0 unspecified atom stereocenters. The minimum Gasteiger partial charge on any atom is -0.485 e. The zero-order valence-corrected chi connectivity index (χ0v) is 20.2. The summed E-state index contributed by atoms with van der Waals surface area (Å²) < 4.78 is 11.2. The molecule has 0 saturated heterocycles. The molecule has 3 rings (SSSR count). The van der Waals surface area contributed by atoms with Crippen LogP contribution in [0.5, 0.6) is 0 Å². The van der Waals surface area contributed by atoms with Crippen LogP contribution in [0.2, 0.25) is 5.02 Å². The maximum atomic E-state index is 12.6. The van der Waals surface area contributed by atoms with Gasteiger partial charge in [-0.05, 0) is 53.8 Å². The number of carbonyl (C=O) groups is 1. The number of hydrogen-bond donors (Lipinski definition) is 0. The highest BCUT2D eigenvalue weighted by Crippen LogP contribution is 2.36. The molecule has 1 heterocycles. The molecule has 0 spiro atoms. The van der Waals surface area contributed by atoms with E-state index in [0.717, 1.165) is 34.2 Å². The Morgan fingerprint density at radius 1 is 1.15 bits per heavy atom. The molecule has 0 N–H and O–H groups in total. The first-order valence-electron chi connectivity index (χ1n) is 10.9. The van der Waals surface area contributed by atoms with Crippen LogP contribution in [0, 0.1) is 12.3 Å². The number of esters is 1. The Labute approximate surface area is 205 Å². The van der Waals surface area contributed by atoms with Crippen molar-refractivity contribution in [3.63, 3.8) is 0 Å². The van der Waals surface area contributed by atoms with Gasteiger partial charge >= 0.3 is 5.97 Å². The Bertz CT molecular complexity index is 1270. The number of nitrogens with zero attached hydrogens (tertiary/aromatic N) is 1. The molecule has 0 aliphatic carbocycles. The number of methoxy groups -OCH3 is 1. The molecule has 0 amide bonds. The van der Waals surface area contributed by atoms with Crippen molar-refractivity contribution in [2.45, 2.75) is 26.9 Å². The van der Waals surface area contributed by atoms with Crippen LogP contribution in [0.15, 0.2) is 78.5 Å². The number of aromatic nitrogens is 1. The second kappa shape index (κ2) is 11.9. The zero-order chi connectivity index (χ0) is 24.5. The Kier molecular flexibility index (Phi) is 8.67. The molecule has 3 aromatic rings. The topological polar surface area (TPSA) is 48.4 Å². The predicted molar refractivity (Wildman–Crippen MR) is 138 cm³/mol. The second-order valence-electron chi connectivity index (χ2n) is 7.50. The van der Waals surface area contributed by atoms with Crippen LogP contribution >= 0.6 is 11.6 Å². The summed E-state index contributed by atoms with van der Waals surface area (Å²) in [5.41, 5.74) is 4.96. The van der Waals surface area contributed by atoms with Gasteiger partial charge in [-0.15, -0.1) is 6.42 Å². The molecule has 0 saturated carbocycles. The van der Waals surface area contributed by atoms with Crippen molar-refractivity contribution in [3.8, 4) is 23.5 Å². The van der Waals surface area contributed by atoms with Crippen molar-refractivity contribution >= 4 is 28.9 Å². The number of hydrogen-bond acceptors (Lipinski definition) is 4. The molecule has 0 radical (unpaired) electrons. The van der Waals surface area contributed by atoms with Crippen molar-refractivity contribution in [2.75, 3.05) is 7.11 Å². The SMILES string of the molecule is C#C/C(C(=O)OC)=C(/OCc1ccccc1)c1nccc(-c2cccc(Cl)c2)c1/C(C)=C\CC. The summed E-state index contributed by atoms with van der Waals surface area (Å²) in [7, 11) is 1.29. The predicted octanol–water partition coefficient (Wildman–Crippen LogP) is 6.95. The van der Waals surface area contributed by atoms with Gasteiger partial charge in [0.1, 0.15) is 12.3 Å². The molecular formula is C29H26ClNO3. The number of benzene rings is 2. The maximum Gasteiger partial charge on any atom is 0.350 e. The molecule has 5 heteroatoms. The van der Waals surface area contributed by atoms with Gasteiger partial charge in [-0.1, -0.05) is 73.0 Å². The largest absolute Gasteiger partial charge is 0.485 e. The molecular weight excluding hydrogens is 446 g/mol. The Morgan fingerprint density at radius 2 is 1.91 bits per heavy atom. The van der Waals surface area contributed by atoms with Crippen molar-refractivity contribution in [1.29, 1.82) is 0 Å². The van der Waals surface area contributed by atoms with Gasteiger partial charge in [-0.3, -0.25) is 4.98 Å². The monoisotopic (exact) mass is 471 g/mol. The highest BCUT2D eigenvalue weighted by Gasteiger charge is 2.24. The molecule has 34 heavy (non-hydrogen) atoms. The first-order chi connectivity index (χ1) is 16.5. The summed E-state index contributed by atoms with van der Waals surface area (Å²) in [6.45, 7) is 4.26. The number of carbonyl (C=O) groups excluding carboxylic acids is 1. The van der Waals surface area contributed by atoms with Crippen molar-refractivity contribution in [3.05, 3.63) is 100 Å². The van der Waals surface area contributed by atoms with Crippen LogP contribution in [0.1, 0.15) is 37.1 Å². The Hall–Kier alpha value is -3.81. The van der Waals surface area contributed by atoms with Crippen LogP contribution in [-0.2, 0) is 20.9 Å². The van der Waals surface area contributed by atoms with Crippen molar-refractivity contribution < 1.29 is 14.3 Å². The normalized spacial score (nSPS) is 11.9. The minimum atomic E-state index is -0.663. The number of halogens is 1. The van der Waals surface area contributed by atoms with E-state index in [1.807, 2.05) is 67.6 Å². The molecule has 0 atom stereocenters. The molecule has 0 bridgehead atoms.